The van der Waals surface area contributed by atoms with Crippen LogP contribution in [0.4, 0.5) is 0 Å². The molecular weight excluding hydrogens is 338 g/mol. The molecule has 1 fully saturated rings. The molecular formula is C22H29N3O2. The van der Waals surface area contributed by atoms with Crippen molar-refractivity contribution in [1.82, 2.24) is 9.80 Å². The van der Waals surface area contributed by atoms with Gasteiger partial charge in [-0.25, -0.2) is 0 Å². The summed E-state index contributed by atoms with van der Waals surface area (Å²) in [5.74, 6) is 0.0501. The van der Waals surface area contributed by atoms with Gasteiger partial charge in [0.25, 0.3) is 5.91 Å². The molecule has 0 bridgehead atoms. The lowest BCUT2D eigenvalue weighted by Crippen LogP contribution is -2.52. The van der Waals surface area contributed by atoms with Crippen molar-refractivity contribution in [3.63, 3.8) is 0 Å². The Hall–Kier alpha value is -2.21. The highest BCUT2D eigenvalue weighted by Crippen LogP contribution is 2.13. The average Bonchev–Trinajstić information content (AvgIpc) is 2.72. The van der Waals surface area contributed by atoms with Crippen molar-refractivity contribution in [2.75, 3.05) is 39.3 Å². The molecule has 1 saturated heterocycles. The third-order valence-electron chi connectivity index (χ3n) is 4.90. The zero-order valence-electron chi connectivity index (χ0n) is 15.8. The van der Waals surface area contributed by atoms with Crippen molar-refractivity contribution in [2.45, 2.75) is 19.1 Å². The smallest absolute Gasteiger partial charge is 0.253 e. The van der Waals surface area contributed by atoms with Crippen molar-refractivity contribution < 1.29 is 9.53 Å². The van der Waals surface area contributed by atoms with E-state index in [4.69, 9.17) is 10.5 Å². The fourth-order valence-corrected chi connectivity index (χ4v) is 3.44. The first-order valence-electron chi connectivity index (χ1n) is 9.67. The molecule has 1 aliphatic rings. The lowest BCUT2D eigenvalue weighted by atomic mass is 10.1. The topological polar surface area (TPSA) is 58.8 Å². The first-order valence-corrected chi connectivity index (χ1v) is 9.67. The van der Waals surface area contributed by atoms with Gasteiger partial charge in [-0.2, -0.15) is 0 Å². The second-order valence-electron chi connectivity index (χ2n) is 6.93. The molecule has 0 aliphatic carbocycles. The number of hydrogen-bond acceptors (Lipinski definition) is 4. The Kier molecular flexibility index (Phi) is 7.39. The minimum atomic E-state index is -0.412. The Labute approximate surface area is 161 Å². The fraction of sp³-hybridized carbons (Fsp3) is 0.409. The summed E-state index contributed by atoms with van der Waals surface area (Å²) in [5.41, 5.74) is 8.23. The van der Waals surface area contributed by atoms with E-state index in [1.54, 1.807) is 0 Å². The third kappa shape index (κ3) is 5.89. The van der Waals surface area contributed by atoms with Gasteiger partial charge in [0.2, 0.25) is 0 Å². The largest absolute Gasteiger partial charge is 0.366 e. The van der Waals surface area contributed by atoms with Crippen molar-refractivity contribution in [3.8, 4) is 0 Å². The lowest BCUT2D eigenvalue weighted by Gasteiger charge is -2.35. The van der Waals surface area contributed by atoms with Crippen LogP contribution in [0.15, 0.2) is 60.7 Å². The van der Waals surface area contributed by atoms with E-state index in [0.717, 1.165) is 19.5 Å². The summed E-state index contributed by atoms with van der Waals surface area (Å²) >= 11 is 0. The van der Waals surface area contributed by atoms with Crippen LogP contribution >= 0.6 is 0 Å². The van der Waals surface area contributed by atoms with E-state index < -0.39 is 6.10 Å². The summed E-state index contributed by atoms with van der Waals surface area (Å²) in [4.78, 5) is 17.2. The number of rotatable bonds is 8. The molecule has 1 amide bonds. The van der Waals surface area contributed by atoms with Gasteiger partial charge in [0.05, 0.1) is 6.61 Å². The molecule has 27 heavy (non-hydrogen) atoms. The third-order valence-corrected chi connectivity index (χ3v) is 4.90. The molecule has 0 aromatic heterocycles. The van der Waals surface area contributed by atoms with E-state index in [2.05, 4.69) is 29.2 Å². The van der Waals surface area contributed by atoms with Gasteiger partial charge in [-0.3, -0.25) is 9.69 Å². The molecule has 1 heterocycles. The van der Waals surface area contributed by atoms with E-state index >= 15 is 0 Å². The van der Waals surface area contributed by atoms with Crippen LogP contribution in [-0.2, 0) is 22.5 Å². The number of amides is 1. The molecule has 5 nitrogen and oxygen atoms in total. The van der Waals surface area contributed by atoms with Crippen LogP contribution < -0.4 is 5.73 Å². The van der Waals surface area contributed by atoms with Crippen molar-refractivity contribution in [2.24, 2.45) is 5.73 Å². The maximum Gasteiger partial charge on any atom is 0.253 e. The predicted molar refractivity (Wildman–Crippen MR) is 107 cm³/mol. The Morgan fingerprint density at radius 1 is 1.04 bits per heavy atom. The summed E-state index contributed by atoms with van der Waals surface area (Å²) in [6.07, 6.45) is 0.414. The van der Waals surface area contributed by atoms with Crippen LogP contribution in [0.2, 0.25) is 0 Å². The monoisotopic (exact) mass is 367 g/mol. The lowest BCUT2D eigenvalue weighted by molar-refractivity contribution is -0.149. The number of benzene rings is 2. The summed E-state index contributed by atoms with van der Waals surface area (Å²) in [6.45, 7) is 4.58. The van der Waals surface area contributed by atoms with Crippen LogP contribution in [0.1, 0.15) is 11.1 Å². The van der Waals surface area contributed by atoms with Crippen molar-refractivity contribution in [1.29, 1.82) is 0 Å². The first-order chi connectivity index (χ1) is 13.3. The number of nitrogens with two attached hydrogens (primary N) is 1. The molecule has 0 spiro atoms. The molecule has 5 heteroatoms. The number of carbonyl (C=O) groups excluding carboxylic acids is 1. The highest BCUT2D eigenvalue weighted by Gasteiger charge is 2.29. The molecule has 1 aliphatic heterocycles. The summed E-state index contributed by atoms with van der Waals surface area (Å²) in [7, 11) is 0. The summed E-state index contributed by atoms with van der Waals surface area (Å²) < 4.78 is 5.81. The quantitative estimate of drug-likeness (QED) is 0.774. The number of ether oxygens (including phenoxy) is 1. The maximum atomic E-state index is 13.0. The van der Waals surface area contributed by atoms with Gasteiger partial charge in [-0.05, 0) is 17.5 Å². The van der Waals surface area contributed by atoms with Crippen LogP contribution in [0.5, 0.6) is 0 Å². The average molecular weight is 367 g/mol. The normalized spacial score (nSPS) is 17.6. The highest BCUT2D eigenvalue weighted by atomic mass is 16.5. The minimum Gasteiger partial charge on any atom is -0.366 e. The van der Waals surface area contributed by atoms with Gasteiger partial charge in [0.15, 0.2) is 0 Å². The van der Waals surface area contributed by atoms with Crippen LogP contribution in [-0.4, -0.2) is 61.1 Å². The molecule has 2 aromatic carbocycles. The van der Waals surface area contributed by atoms with Gasteiger partial charge in [-0.15, -0.1) is 0 Å². The summed E-state index contributed by atoms with van der Waals surface area (Å²) in [5, 5.41) is 0. The summed E-state index contributed by atoms with van der Waals surface area (Å²) in [6, 6.07) is 20.6. The van der Waals surface area contributed by atoms with E-state index in [9.17, 15) is 4.79 Å². The van der Waals surface area contributed by atoms with Gasteiger partial charge in [-0.1, -0.05) is 60.7 Å². The molecule has 1 atom stereocenters. The number of hydrogen-bond donors (Lipinski definition) is 1. The zero-order chi connectivity index (χ0) is 18.9. The Morgan fingerprint density at radius 3 is 2.37 bits per heavy atom. The molecule has 2 N–H and O–H groups in total. The van der Waals surface area contributed by atoms with Crippen LogP contribution in [0, 0.1) is 0 Å². The SMILES string of the molecule is NCCN(CCc1ccccc1)C(=O)C1CN(Cc2ccccc2)CCO1. The van der Waals surface area contributed by atoms with Crippen molar-refractivity contribution >= 4 is 5.91 Å². The zero-order valence-corrected chi connectivity index (χ0v) is 15.8. The molecule has 144 valence electrons. The Balaban J connectivity index is 1.57. The molecule has 0 saturated carbocycles. The standard InChI is InChI=1S/C22H29N3O2/c23-12-14-25(13-11-19-7-3-1-4-8-19)22(26)21-18-24(15-16-27-21)17-20-9-5-2-6-10-20/h1-10,21H,11-18,23H2. The van der Waals surface area contributed by atoms with Gasteiger partial charge in [0.1, 0.15) is 6.10 Å². The van der Waals surface area contributed by atoms with E-state index in [0.29, 0.717) is 32.8 Å². The molecule has 2 aromatic rings. The maximum absolute atomic E-state index is 13.0. The van der Waals surface area contributed by atoms with Crippen LogP contribution in [0.3, 0.4) is 0 Å². The molecule has 1 unspecified atom stereocenters. The fourth-order valence-electron chi connectivity index (χ4n) is 3.44. The minimum absolute atomic E-state index is 0.0501. The van der Waals surface area contributed by atoms with Crippen LogP contribution in [0.25, 0.3) is 0 Å². The van der Waals surface area contributed by atoms with E-state index in [-0.39, 0.29) is 5.91 Å². The number of nitrogens with zero attached hydrogens (tertiary/aromatic N) is 2. The van der Waals surface area contributed by atoms with E-state index in [1.165, 1.54) is 11.1 Å². The number of morpholine rings is 1. The Morgan fingerprint density at radius 2 is 1.70 bits per heavy atom. The molecule has 0 radical (unpaired) electrons. The van der Waals surface area contributed by atoms with Crippen molar-refractivity contribution in [3.05, 3.63) is 71.8 Å². The predicted octanol–water partition coefficient (Wildman–Crippen LogP) is 1.92. The van der Waals surface area contributed by atoms with E-state index in [1.807, 2.05) is 41.3 Å². The Bertz CT molecular complexity index is 693. The first kappa shape index (κ1) is 19.5. The highest BCUT2D eigenvalue weighted by molar-refractivity contribution is 5.81. The van der Waals surface area contributed by atoms with Gasteiger partial charge < -0.3 is 15.4 Å². The number of carbonyl (C=O) groups is 1. The second kappa shape index (κ2) is 10.2. The van der Waals surface area contributed by atoms with Gasteiger partial charge in [0, 0.05) is 39.3 Å². The molecule has 3 rings (SSSR count). The second-order valence-corrected chi connectivity index (χ2v) is 6.93. The van der Waals surface area contributed by atoms with Gasteiger partial charge >= 0.3 is 0 Å².